The third-order valence-electron chi connectivity index (χ3n) is 1.49. The van der Waals surface area contributed by atoms with Gasteiger partial charge in [-0.1, -0.05) is 62.4 Å². The molecule has 0 aliphatic carbocycles. The van der Waals surface area contributed by atoms with Crippen LogP contribution in [0.3, 0.4) is 0 Å². The monoisotopic (exact) mass is 1130 g/mol. The van der Waals surface area contributed by atoms with Crippen molar-refractivity contribution in [1.82, 2.24) is 9.97 Å². The molecular formula is C18H37BBr3I4N4OV. The number of rotatable bonds is 0. The Labute approximate surface area is 273 Å². The van der Waals surface area contributed by atoms with Crippen molar-refractivity contribution < 1.29 is 4.92 Å². The van der Waals surface area contributed by atoms with Crippen molar-refractivity contribution in [3.63, 3.8) is 0 Å². The summed E-state index contributed by atoms with van der Waals surface area (Å²) in [6.45, 7) is 9.97. The topological polar surface area (TPSA) is 97.8 Å². The van der Waals surface area contributed by atoms with Crippen molar-refractivity contribution in [3.05, 3.63) is 64.8 Å². The first kappa shape index (κ1) is 51.6. The van der Waals surface area contributed by atoms with Crippen LogP contribution in [0.1, 0.15) is 33.4 Å². The van der Waals surface area contributed by atoms with Gasteiger partial charge < -0.3 is 16.5 Å². The van der Waals surface area contributed by atoms with Crippen LogP contribution in [0.2, 0.25) is 0 Å². The van der Waals surface area contributed by atoms with E-state index in [4.69, 9.17) is 0 Å². The number of nitrogens with two attached hydrogens (primary N) is 2. The van der Waals surface area contributed by atoms with E-state index in [2.05, 4.69) is 151 Å². The van der Waals surface area contributed by atoms with Gasteiger partial charge in [0, 0.05) is 24.2 Å². The fraction of sp³-hybridized carbons (Fsp3) is 0.444. The van der Waals surface area contributed by atoms with E-state index in [1.54, 1.807) is 24.5 Å². The molecule has 0 fully saturated rings. The quantitative estimate of drug-likeness (QED) is 0.140. The van der Waals surface area contributed by atoms with E-state index in [0.717, 1.165) is 5.69 Å². The number of hydrogen-bond acceptors (Lipinski definition) is 4. The van der Waals surface area contributed by atoms with Crippen LogP contribution in [0.25, 0.3) is 0 Å². The number of nitrogens with one attached hydrogen (secondary N) is 1. The first-order valence-corrected chi connectivity index (χ1v) is 27.4. The third-order valence-corrected chi connectivity index (χ3v) is 1.49. The van der Waals surface area contributed by atoms with Gasteiger partial charge in [-0.25, -0.2) is 0 Å². The molecule has 0 aliphatic heterocycles. The van der Waals surface area contributed by atoms with Crippen LogP contribution < -0.4 is 17.0 Å². The Balaban J connectivity index is -0.0000000470. The predicted octanol–water partition coefficient (Wildman–Crippen LogP) is 8.83. The first-order valence-electron chi connectivity index (χ1n) is 9.00. The van der Waals surface area contributed by atoms with Gasteiger partial charge in [0.25, 0.3) is 0 Å². The molecule has 0 aromatic carbocycles. The van der Waals surface area contributed by atoms with Gasteiger partial charge in [-0.15, -0.1) is 47.3 Å². The molecule has 5 nitrogen and oxygen atoms in total. The zero-order valence-corrected chi connectivity index (χ0v) is 34.6. The van der Waals surface area contributed by atoms with Crippen LogP contribution in [-0.4, -0.2) is 32.2 Å². The number of pyridine rings is 2. The molecule has 0 amide bonds. The molecule has 2 rings (SSSR count). The van der Waals surface area contributed by atoms with E-state index in [9.17, 15) is 4.79 Å². The van der Waals surface area contributed by atoms with Crippen molar-refractivity contribution in [2.24, 2.45) is 11.5 Å². The molecule has 2 heterocycles. The molecule has 0 atom stereocenters. The second kappa shape index (κ2) is 59.3. The molecular weight excluding hydrogens is 1100 g/mol. The molecule has 192 valence electrons. The number of hydrogen-bond donors (Lipinski definition) is 3. The molecule has 0 spiro atoms. The summed E-state index contributed by atoms with van der Waals surface area (Å²) in [6.07, 6.45) is 3.39. The molecule has 0 saturated carbocycles. The zero-order valence-electron chi connectivity index (χ0n) is 19.8. The summed E-state index contributed by atoms with van der Waals surface area (Å²) in [4.78, 5) is 18.4. The van der Waals surface area contributed by atoms with Gasteiger partial charge >= 0.3 is 68.0 Å². The van der Waals surface area contributed by atoms with Crippen LogP contribution in [-0.2, 0) is 4.92 Å². The Hall–Kier alpha value is 3.03. The van der Waals surface area contributed by atoms with Crippen LogP contribution in [0.15, 0.2) is 53.6 Å². The van der Waals surface area contributed by atoms with E-state index >= 15 is 0 Å². The first-order chi connectivity index (χ1) is 15.3. The zero-order chi connectivity index (χ0) is 27.4. The third kappa shape index (κ3) is 93.6. The number of alkyl halides is 1. The van der Waals surface area contributed by atoms with Gasteiger partial charge in [0.1, 0.15) is 0 Å². The van der Waals surface area contributed by atoms with Crippen molar-refractivity contribution >= 4 is 133 Å². The summed E-state index contributed by atoms with van der Waals surface area (Å²) >= 11 is 18.8. The van der Waals surface area contributed by atoms with Crippen molar-refractivity contribution in [2.45, 2.75) is 34.6 Å². The summed E-state index contributed by atoms with van der Waals surface area (Å²) in [5, 5.41) is 0. The molecule has 0 saturated heterocycles. The summed E-state index contributed by atoms with van der Waals surface area (Å²) in [6, 6.07) is 10.8. The van der Waals surface area contributed by atoms with Crippen molar-refractivity contribution in [3.8, 4) is 0 Å². The van der Waals surface area contributed by atoms with Gasteiger partial charge in [-0.2, -0.15) is 0 Å². The molecule has 0 unspecified atom stereocenters. The number of aromatic nitrogens is 2. The van der Waals surface area contributed by atoms with E-state index in [-0.39, 0.29) is 13.7 Å². The van der Waals surface area contributed by atoms with Gasteiger partial charge in [-0.3, -0.25) is 9.78 Å². The van der Waals surface area contributed by atoms with E-state index in [1.165, 1.54) is 20.2 Å². The fourth-order valence-electron chi connectivity index (χ4n) is 0.825. The SMILES string of the molecule is BrB(Br)Br.CC.CC.CI.CN.CN.Cc1ccccn1.O=c1cccc[nH]1.[I][V]([I])[I]. The maximum absolute atomic E-state index is 10.2. The van der Waals surface area contributed by atoms with Gasteiger partial charge in [0.05, 0.1) is 0 Å². The average molecular weight is 1130 g/mol. The summed E-state index contributed by atoms with van der Waals surface area (Å²) in [7, 11) is 3.00. The van der Waals surface area contributed by atoms with Crippen LogP contribution >= 0.6 is 130 Å². The standard InChI is InChI=1S/C6H7N.C5H5NO.2C2H6.CH3I.2CH5N.BBr3.3HI.V/c1-6-4-2-3-5-7-6;7-5-3-1-2-4-6-5;5*1-2;2-1(3)4;;;;/h2-5H,1H3;1-4H,(H,6,7);2*1-2H3;1H3;2*2H2,1H3;;3*1H;/q;;;;;;;;;;;+3/p-3. The fourth-order valence-corrected chi connectivity index (χ4v) is 0.825. The van der Waals surface area contributed by atoms with Gasteiger partial charge in [0.2, 0.25) is 5.56 Å². The maximum atomic E-state index is 10.2. The predicted molar refractivity (Wildman–Crippen MR) is 193 cm³/mol. The van der Waals surface area contributed by atoms with Gasteiger partial charge in [-0.05, 0) is 44.1 Å². The Morgan fingerprint density at radius 3 is 1.34 bits per heavy atom. The molecule has 5 N–H and O–H groups in total. The molecule has 0 aliphatic rings. The summed E-state index contributed by atoms with van der Waals surface area (Å²) in [5.74, 6) is 0. The second-order valence-electron chi connectivity index (χ2n) is 3.14. The minimum absolute atomic E-state index is 0.0532. The minimum atomic E-state index is -0.278. The average Bonchev–Trinajstić information content (AvgIpc) is 2.81. The Kier molecular flexibility index (Phi) is 95.6. The van der Waals surface area contributed by atoms with Crippen LogP contribution in [0.5, 0.6) is 0 Å². The van der Waals surface area contributed by atoms with Gasteiger partial charge in [0.15, 0.2) is 0 Å². The van der Waals surface area contributed by atoms with E-state index in [0.29, 0.717) is 0 Å². The Morgan fingerprint density at radius 2 is 1.22 bits per heavy atom. The number of nitrogens with zero attached hydrogens (tertiary/aromatic N) is 1. The Morgan fingerprint density at radius 1 is 0.875 bits per heavy atom. The van der Waals surface area contributed by atoms with Crippen LogP contribution in [0.4, 0.5) is 0 Å². The number of H-pyrrole nitrogens is 1. The van der Waals surface area contributed by atoms with Crippen molar-refractivity contribution in [2.75, 3.05) is 19.0 Å². The molecule has 2 aromatic heterocycles. The molecule has 0 radical (unpaired) electrons. The second-order valence-corrected chi connectivity index (χ2v) is 44.9. The summed E-state index contributed by atoms with van der Waals surface area (Å²) in [5.41, 5.74) is 10.0. The molecule has 14 heteroatoms. The van der Waals surface area contributed by atoms with Crippen LogP contribution in [0, 0.1) is 6.92 Å². The van der Waals surface area contributed by atoms with E-state index in [1.807, 2.05) is 57.7 Å². The molecule has 0 bridgehead atoms. The number of halogens is 7. The van der Waals surface area contributed by atoms with Crippen molar-refractivity contribution in [1.29, 1.82) is 0 Å². The molecule has 2 aromatic rings. The molecule has 32 heavy (non-hydrogen) atoms. The number of aryl methyl sites for hydroxylation is 1. The summed E-state index contributed by atoms with van der Waals surface area (Å²) < 4.78 is 0.271. The number of aromatic amines is 1. The normalized spacial score (nSPS) is 6.69. The van der Waals surface area contributed by atoms with E-state index < -0.39 is 0 Å². The Bertz CT molecular complexity index is 510.